The van der Waals surface area contributed by atoms with Gasteiger partial charge in [0.15, 0.2) is 5.69 Å². The van der Waals surface area contributed by atoms with Gasteiger partial charge in [0.1, 0.15) is 5.15 Å². The maximum Gasteiger partial charge on any atom is 0.269 e. The van der Waals surface area contributed by atoms with Crippen molar-refractivity contribution in [2.45, 2.75) is 37.8 Å². The zero-order chi connectivity index (χ0) is 17.1. The Bertz CT molecular complexity index is 723. The number of ether oxygens (including phenoxy) is 2. The van der Waals surface area contributed by atoms with E-state index in [1.54, 1.807) is 13.2 Å². The van der Waals surface area contributed by atoms with Gasteiger partial charge in [-0.25, -0.2) is 4.98 Å². The first-order valence-corrected chi connectivity index (χ1v) is 8.55. The Labute approximate surface area is 145 Å². The molecule has 3 rings (SSSR count). The number of carbonyl (C=O) groups excluding carboxylic acids is 1. The molecule has 0 aliphatic heterocycles. The summed E-state index contributed by atoms with van der Waals surface area (Å²) >= 11 is 5.99. The number of hydrogen-bond acceptors (Lipinski definition) is 4. The maximum atomic E-state index is 11.8. The monoisotopic (exact) mass is 351 g/mol. The summed E-state index contributed by atoms with van der Waals surface area (Å²) in [7, 11) is 1.67. The van der Waals surface area contributed by atoms with Crippen molar-refractivity contribution in [1.29, 1.82) is 0 Å². The molecular weight excluding hydrogens is 330 g/mol. The number of pyridine rings is 1. The molecule has 0 atom stereocenters. The third-order valence-electron chi connectivity index (χ3n) is 4.58. The van der Waals surface area contributed by atoms with Gasteiger partial charge in [-0.05, 0) is 37.8 Å². The van der Waals surface area contributed by atoms with Crippen molar-refractivity contribution in [2.24, 2.45) is 5.73 Å². The average Bonchev–Trinajstić information content (AvgIpc) is 2.98. The van der Waals surface area contributed by atoms with Gasteiger partial charge in [0.25, 0.3) is 5.91 Å². The Kier molecular flexibility index (Phi) is 5.38. The van der Waals surface area contributed by atoms with Crippen LogP contribution in [0.15, 0.2) is 18.3 Å². The highest BCUT2D eigenvalue weighted by Gasteiger charge is 2.25. The molecule has 0 spiro atoms. The second kappa shape index (κ2) is 7.51. The molecule has 1 saturated carbocycles. The van der Waals surface area contributed by atoms with E-state index in [1.165, 1.54) is 0 Å². The van der Waals surface area contributed by atoms with Gasteiger partial charge in [-0.3, -0.25) is 4.79 Å². The molecule has 0 unspecified atom stereocenters. The number of aromatic nitrogens is 2. The number of carbonyl (C=O) groups is 1. The first-order chi connectivity index (χ1) is 11.6. The summed E-state index contributed by atoms with van der Waals surface area (Å²) < 4.78 is 12.9. The fourth-order valence-corrected chi connectivity index (χ4v) is 3.63. The number of nitrogens with two attached hydrogens (primary N) is 1. The lowest BCUT2D eigenvalue weighted by Gasteiger charge is -2.30. The van der Waals surface area contributed by atoms with E-state index in [-0.39, 0.29) is 17.0 Å². The van der Waals surface area contributed by atoms with Gasteiger partial charge in [-0.1, -0.05) is 11.6 Å². The summed E-state index contributed by atoms with van der Waals surface area (Å²) in [6.07, 6.45) is 6.22. The highest BCUT2D eigenvalue weighted by Crippen LogP contribution is 2.34. The summed E-state index contributed by atoms with van der Waals surface area (Å²) in [5.74, 6) is -0.556. The van der Waals surface area contributed by atoms with Gasteiger partial charge in [0, 0.05) is 24.7 Å². The Morgan fingerprint density at radius 1 is 1.38 bits per heavy atom. The fraction of sp³-hybridized carbons (Fsp3) is 0.529. The fourth-order valence-electron chi connectivity index (χ4n) is 3.42. The molecule has 2 aromatic rings. The third-order valence-corrected chi connectivity index (χ3v) is 4.77. The number of halogens is 1. The molecule has 24 heavy (non-hydrogen) atoms. The van der Waals surface area contributed by atoms with Crippen LogP contribution in [-0.4, -0.2) is 41.9 Å². The van der Waals surface area contributed by atoms with Crippen molar-refractivity contribution in [1.82, 2.24) is 9.55 Å². The van der Waals surface area contributed by atoms with Crippen molar-refractivity contribution in [3.05, 3.63) is 29.2 Å². The highest BCUT2D eigenvalue weighted by molar-refractivity contribution is 6.30. The Morgan fingerprint density at radius 2 is 2.12 bits per heavy atom. The van der Waals surface area contributed by atoms with Crippen LogP contribution in [0.3, 0.4) is 0 Å². The number of nitrogens with zero attached hydrogens (tertiary/aromatic N) is 2. The van der Waals surface area contributed by atoms with Crippen molar-refractivity contribution in [3.63, 3.8) is 0 Å². The minimum Gasteiger partial charge on any atom is -0.382 e. The summed E-state index contributed by atoms with van der Waals surface area (Å²) in [6.45, 7) is 1.25. The van der Waals surface area contributed by atoms with E-state index >= 15 is 0 Å². The summed E-state index contributed by atoms with van der Waals surface area (Å²) in [4.78, 5) is 15.9. The number of fused-ring (bicyclic) bond motifs is 1. The van der Waals surface area contributed by atoms with Crippen LogP contribution in [0.25, 0.3) is 10.9 Å². The molecule has 0 bridgehead atoms. The van der Waals surface area contributed by atoms with Crippen LogP contribution in [-0.2, 0) is 9.47 Å². The molecule has 0 radical (unpaired) electrons. The molecule has 1 aliphatic carbocycles. The van der Waals surface area contributed by atoms with Crippen LogP contribution in [0.4, 0.5) is 0 Å². The lowest BCUT2D eigenvalue weighted by molar-refractivity contribution is -0.00620. The zero-order valence-electron chi connectivity index (χ0n) is 13.7. The summed E-state index contributed by atoms with van der Waals surface area (Å²) in [5.41, 5.74) is 6.50. The number of methoxy groups -OCH3 is 1. The Balaban J connectivity index is 1.78. The highest BCUT2D eigenvalue weighted by atomic mass is 35.5. The molecule has 2 N–H and O–H groups in total. The Hall–Kier alpha value is -1.63. The molecule has 0 saturated heterocycles. The van der Waals surface area contributed by atoms with Gasteiger partial charge in [0.2, 0.25) is 0 Å². The van der Waals surface area contributed by atoms with Crippen molar-refractivity contribution in [2.75, 3.05) is 20.3 Å². The lowest BCUT2D eigenvalue weighted by Crippen LogP contribution is -2.25. The van der Waals surface area contributed by atoms with E-state index in [0.29, 0.717) is 19.3 Å². The van der Waals surface area contributed by atoms with Crippen LogP contribution in [0.5, 0.6) is 0 Å². The first kappa shape index (κ1) is 17.2. The van der Waals surface area contributed by atoms with Crippen molar-refractivity contribution in [3.8, 4) is 0 Å². The van der Waals surface area contributed by atoms with E-state index in [1.807, 2.05) is 12.3 Å². The first-order valence-electron chi connectivity index (χ1n) is 8.17. The molecule has 0 aromatic carbocycles. The van der Waals surface area contributed by atoms with E-state index < -0.39 is 5.91 Å². The van der Waals surface area contributed by atoms with E-state index in [4.69, 9.17) is 26.8 Å². The van der Waals surface area contributed by atoms with Crippen LogP contribution in [0, 0.1) is 0 Å². The van der Waals surface area contributed by atoms with Crippen LogP contribution >= 0.6 is 11.6 Å². The summed E-state index contributed by atoms with van der Waals surface area (Å²) in [6, 6.07) is 4.03. The molecule has 130 valence electrons. The molecular formula is C17H22ClN3O3. The van der Waals surface area contributed by atoms with Gasteiger partial charge < -0.3 is 19.8 Å². The second-order valence-electron chi connectivity index (χ2n) is 6.11. The largest absolute Gasteiger partial charge is 0.382 e. The molecule has 1 fully saturated rings. The van der Waals surface area contributed by atoms with E-state index in [0.717, 1.165) is 36.6 Å². The number of hydrogen-bond donors (Lipinski definition) is 1. The molecule has 7 heteroatoms. The number of primary amides is 1. The number of amides is 1. The molecule has 1 aliphatic rings. The average molecular weight is 352 g/mol. The smallest absolute Gasteiger partial charge is 0.269 e. The lowest BCUT2D eigenvalue weighted by atomic mass is 9.92. The van der Waals surface area contributed by atoms with Crippen LogP contribution in [0.1, 0.15) is 42.2 Å². The van der Waals surface area contributed by atoms with Gasteiger partial charge in [-0.2, -0.15) is 0 Å². The number of rotatable bonds is 6. The molecule has 1 amide bonds. The van der Waals surface area contributed by atoms with Crippen LogP contribution in [0.2, 0.25) is 5.15 Å². The minimum absolute atomic E-state index is 0.237. The van der Waals surface area contributed by atoms with Crippen molar-refractivity contribution >= 4 is 28.4 Å². The predicted molar refractivity (Wildman–Crippen MR) is 92.4 cm³/mol. The molecule has 2 aromatic heterocycles. The topological polar surface area (TPSA) is 79.4 Å². The standard InChI is InChI=1S/C17H22ClN3O3/c1-23-8-9-24-13-4-2-12(3-5-13)21-7-6-11-10-14(18)20-15(16(11)21)17(19)22/h6-7,10,12-13H,2-5,8-9H2,1H3,(H2,19,22). The predicted octanol–water partition coefficient (Wildman–Crippen LogP) is 2.94. The SMILES string of the molecule is COCCOC1CCC(n2ccc3cc(Cl)nc(C(N)=O)c32)CC1. The van der Waals surface area contributed by atoms with E-state index in [2.05, 4.69) is 9.55 Å². The zero-order valence-corrected chi connectivity index (χ0v) is 14.5. The normalized spacial score (nSPS) is 21.2. The summed E-state index contributed by atoms with van der Waals surface area (Å²) in [5, 5.41) is 1.17. The minimum atomic E-state index is -0.556. The molecule has 6 nitrogen and oxygen atoms in total. The quantitative estimate of drug-likeness (QED) is 0.641. The van der Waals surface area contributed by atoms with Gasteiger partial charge >= 0.3 is 0 Å². The van der Waals surface area contributed by atoms with Crippen LogP contribution < -0.4 is 5.73 Å². The maximum absolute atomic E-state index is 11.8. The van der Waals surface area contributed by atoms with E-state index in [9.17, 15) is 4.79 Å². The third kappa shape index (κ3) is 3.55. The van der Waals surface area contributed by atoms with Crippen molar-refractivity contribution < 1.29 is 14.3 Å². The molecule has 2 heterocycles. The Morgan fingerprint density at radius 3 is 2.79 bits per heavy atom. The van der Waals surface area contributed by atoms with Gasteiger partial charge in [0.05, 0.1) is 24.8 Å². The second-order valence-corrected chi connectivity index (χ2v) is 6.50. The van der Waals surface area contributed by atoms with Gasteiger partial charge in [-0.15, -0.1) is 0 Å².